The van der Waals surface area contributed by atoms with E-state index in [0.717, 1.165) is 18.4 Å². The number of esters is 1. The van der Waals surface area contributed by atoms with Gasteiger partial charge in [-0.25, -0.2) is 0 Å². The van der Waals surface area contributed by atoms with Gasteiger partial charge in [0.25, 0.3) is 0 Å². The summed E-state index contributed by atoms with van der Waals surface area (Å²) >= 11 is 0. The molecule has 0 aliphatic carbocycles. The highest BCUT2D eigenvalue weighted by Crippen LogP contribution is 2.17. The number of hydrogen-bond acceptors (Lipinski definition) is 3. The van der Waals surface area contributed by atoms with Gasteiger partial charge in [0.15, 0.2) is 0 Å². The number of benzene rings is 1. The smallest absolute Gasteiger partial charge is 0.323 e. The number of hydrogen-bond donors (Lipinski definition) is 1. The molecule has 0 radical (unpaired) electrons. The lowest BCUT2D eigenvalue weighted by Gasteiger charge is -2.16. The Morgan fingerprint density at radius 1 is 1.35 bits per heavy atom. The number of unbranched alkanes of at least 4 members (excludes halogenated alkanes) is 1. The quantitative estimate of drug-likeness (QED) is 0.771. The maximum Gasteiger partial charge on any atom is 0.323 e. The van der Waals surface area contributed by atoms with E-state index >= 15 is 0 Å². The van der Waals surface area contributed by atoms with Crippen LogP contribution in [0.3, 0.4) is 0 Å². The van der Waals surface area contributed by atoms with E-state index in [9.17, 15) is 4.79 Å². The van der Waals surface area contributed by atoms with Gasteiger partial charge in [-0.15, -0.1) is 0 Å². The Labute approximate surface area is 103 Å². The molecule has 0 heterocycles. The third-order valence-electron chi connectivity index (χ3n) is 2.73. The highest BCUT2D eigenvalue weighted by molar-refractivity contribution is 5.75. The van der Waals surface area contributed by atoms with E-state index in [1.807, 2.05) is 37.3 Å². The van der Waals surface area contributed by atoms with Gasteiger partial charge < -0.3 is 10.5 Å². The molecule has 94 valence electrons. The number of rotatable bonds is 6. The summed E-state index contributed by atoms with van der Waals surface area (Å²) < 4.78 is 5.33. The second-order valence-electron chi connectivity index (χ2n) is 4.24. The lowest BCUT2D eigenvalue weighted by atomic mass is 10.1. The zero-order valence-corrected chi connectivity index (χ0v) is 10.6. The van der Waals surface area contributed by atoms with Crippen molar-refractivity contribution >= 4 is 5.97 Å². The van der Waals surface area contributed by atoms with Crippen LogP contribution in [-0.4, -0.2) is 12.0 Å². The lowest BCUT2D eigenvalue weighted by molar-refractivity contribution is -0.150. The molecule has 0 spiro atoms. The third kappa shape index (κ3) is 4.57. The summed E-state index contributed by atoms with van der Waals surface area (Å²) in [5.41, 5.74) is 6.74. The van der Waals surface area contributed by atoms with Crippen molar-refractivity contribution in [3.05, 3.63) is 35.9 Å². The van der Waals surface area contributed by atoms with E-state index in [1.165, 1.54) is 0 Å². The molecular formula is C14H21NO2. The Kier molecular flexibility index (Phi) is 5.70. The van der Waals surface area contributed by atoms with Gasteiger partial charge in [0.2, 0.25) is 0 Å². The first-order valence-electron chi connectivity index (χ1n) is 6.16. The van der Waals surface area contributed by atoms with Crippen LogP contribution in [0, 0.1) is 0 Å². The number of nitrogens with two attached hydrogens (primary N) is 1. The van der Waals surface area contributed by atoms with Crippen LogP contribution in [-0.2, 0) is 9.53 Å². The average Bonchev–Trinajstić information content (AvgIpc) is 2.36. The van der Waals surface area contributed by atoms with Crippen LogP contribution in [0.5, 0.6) is 0 Å². The zero-order chi connectivity index (χ0) is 12.7. The van der Waals surface area contributed by atoms with Crippen molar-refractivity contribution in [3.8, 4) is 0 Å². The largest absolute Gasteiger partial charge is 0.457 e. The third-order valence-corrected chi connectivity index (χ3v) is 2.73. The summed E-state index contributed by atoms with van der Waals surface area (Å²) in [5, 5.41) is 0. The normalized spacial score (nSPS) is 14.1. The predicted octanol–water partition coefficient (Wildman–Crippen LogP) is 2.81. The van der Waals surface area contributed by atoms with E-state index in [-0.39, 0.29) is 12.1 Å². The van der Waals surface area contributed by atoms with Crippen molar-refractivity contribution in [2.75, 3.05) is 0 Å². The monoisotopic (exact) mass is 235 g/mol. The topological polar surface area (TPSA) is 52.3 Å². The molecule has 0 saturated carbocycles. The molecule has 17 heavy (non-hydrogen) atoms. The van der Waals surface area contributed by atoms with Crippen molar-refractivity contribution in [3.63, 3.8) is 0 Å². The minimum absolute atomic E-state index is 0.239. The average molecular weight is 235 g/mol. The Morgan fingerprint density at radius 3 is 2.59 bits per heavy atom. The molecule has 0 aliphatic heterocycles. The summed E-state index contributed by atoms with van der Waals surface area (Å²) in [6.45, 7) is 3.93. The van der Waals surface area contributed by atoms with Crippen molar-refractivity contribution < 1.29 is 9.53 Å². The maximum atomic E-state index is 11.7. The summed E-state index contributed by atoms with van der Waals surface area (Å²) in [6.07, 6.45) is 2.44. The molecule has 0 aromatic heterocycles. The molecular weight excluding hydrogens is 214 g/mol. The van der Waals surface area contributed by atoms with E-state index in [1.54, 1.807) is 0 Å². The van der Waals surface area contributed by atoms with Crippen LogP contribution in [0.1, 0.15) is 44.8 Å². The standard InChI is InChI=1S/C14H21NO2/c1-3-4-10-13(15)14(16)17-11(2)12-8-6-5-7-9-12/h5-9,11,13H,3-4,10,15H2,1-2H3/t11?,13-/m0/s1. The molecule has 1 unspecified atom stereocenters. The van der Waals surface area contributed by atoms with Gasteiger partial charge in [-0.3, -0.25) is 4.79 Å². The van der Waals surface area contributed by atoms with Gasteiger partial charge >= 0.3 is 5.97 Å². The van der Waals surface area contributed by atoms with Crippen molar-refractivity contribution in [1.82, 2.24) is 0 Å². The van der Waals surface area contributed by atoms with Gasteiger partial charge in [-0.2, -0.15) is 0 Å². The minimum atomic E-state index is -0.499. The van der Waals surface area contributed by atoms with Gasteiger partial charge in [0.1, 0.15) is 12.1 Å². The van der Waals surface area contributed by atoms with E-state index in [4.69, 9.17) is 10.5 Å². The fourth-order valence-corrected chi connectivity index (χ4v) is 1.60. The fourth-order valence-electron chi connectivity index (χ4n) is 1.60. The van der Waals surface area contributed by atoms with Gasteiger partial charge in [0, 0.05) is 0 Å². The number of ether oxygens (including phenoxy) is 1. The summed E-state index contributed by atoms with van der Waals surface area (Å²) in [5.74, 6) is -0.310. The fraction of sp³-hybridized carbons (Fsp3) is 0.500. The molecule has 0 aliphatic rings. The molecule has 1 rings (SSSR count). The molecule has 3 heteroatoms. The second-order valence-corrected chi connectivity index (χ2v) is 4.24. The molecule has 3 nitrogen and oxygen atoms in total. The van der Waals surface area contributed by atoms with Crippen LogP contribution >= 0.6 is 0 Å². The second kappa shape index (κ2) is 7.07. The van der Waals surface area contributed by atoms with Crippen molar-refractivity contribution in [1.29, 1.82) is 0 Å². The highest BCUT2D eigenvalue weighted by atomic mass is 16.5. The van der Waals surface area contributed by atoms with Gasteiger partial charge in [-0.05, 0) is 18.9 Å². The lowest BCUT2D eigenvalue weighted by Crippen LogP contribution is -2.32. The zero-order valence-electron chi connectivity index (χ0n) is 10.6. The summed E-state index contributed by atoms with van der Waals surface area (Å²) in [4.78, 5) is 11.7. The van der Waals surface area contributed by atoms with Gasteiger partial charge in [0.05, 0.1) is 0 Å². The molecule has 0 bridgehead atoms. The Balaban J connectivity index is 2.46. The Bertz CT molecular complexity index is 337. The van der Waals surface area contributed by atoms with E-state index in [0.29, 0.717) is 6.42 Å². The minimum Gasteiger partial charge on any atom is -0.457 e. The Hall–Kier alpha value is -1.35. The molecule has 2 atom stereocenters. The van der Waals surface area contributed by atoms with Crippen molar-refractivity contribution in [2.45, 2.75) is 45.3 Å². The maximum absolute atomic E-state index is 11.7. The summed E-state index contributed by atoms with van der Waals surface area (Å²) in [6, 6.07) is 9.17. The Morgan fingerprint density at radius 2 is 2.00 bits per heavy atom. The molecule has 1 aromatic rings. The van der Waals surface area contributed by atoms with Crippen LogP contribution in [0.15, 0.2) is 30.3 Å². The molecule has 0 fully saturated rings. The number of carbonyl (C=O) groups is 1. The first-order valence-corrected chi connectivity index (χ1v) is 6.16. The van der Waals surface area contributed by atoms with Crippen molar-refractivity contribution in [2.24, 2.45) is 5.73 Å². The van der Waals surface area contributed by atoms with Crippen LogP contribution in [0.2, 0.25) is 0 Å². The first kappa shape index (κ1) is 13.7. The predicted molar refractivity (Wildman–Crippen MR) is 68.4 cm³/mol. The molecule has 0 saturated heterocycles. The van der Waals surface area contributed by atoms with E-state index in [2.05, 4.69) is 6.92 Å². The van der Waals surface area contributed by atoms with Gasteiger partial charge in [-0.1, -0.05) is 50.1 Å². The molecule has 2 N–H and O–H groups in total. The van der Waals surface area contributed by atoms with Crippen LogP contribution in [0.25, 0.3) is 0 Å². The summed E-state index contributed by atoms with van der Waals surface area (Å²) in [7, 11) is 0. The molecule has 1 aromatic carbocycles. The molecule has 0 amide bonds. The first-order chi connectivity index (χ1) is 8.15. The highest BCUT2D eigenvalue weighted by Gasteiger charge is 2.17. The van der Waals surface area contributed by atoms with Crippen LogP contribution in [0.4, 0.5) is 0 Å². The van der Waals surface area contributed by atoms with E-state index < -0.39 is 6.04 Å². The van der Waals surface area contributed by atoms with Crippen LogP contribution < -0.4 is 5.73 Å². The SMILES string of the molecule is CCCC[C@H](N)C(=O)OC(C)c1ccccc1. The number of carbonyl (C=O) groups excluding carboxylic acids is 1.